The number of benzene rings is 3. The van der Waals surface area contributed by atoms with Crippen LogP contribution in [0, 0.1) is 6.92 Å². The zero-order chi connectivity index (χ0) is 14.4. The van der Waals surface area contributed by atoms with Crippen molar-refractivity contribution in [1.82, 2.24) is 0 Å². The summed E-state index contributed by atoms with van der Waals surface area (Å²) in [6.45, 7) is 2.07. The van der Waals surface area contributed by atoms with Gasteiger partial charge in [0.1, 0.15) is 11.3 Å². The molecule has 0 aliphatic carbocycles. The van der Waals surface area contributed by atoms with Crippen molar-refractivity contribution in [3.63, 3.8) is 0 Å². The van der Waals surface area contributed by atoms with Gasteiger partial charge in [-0.15, -0.1) is 0 Å². The third-order valence-electron chi connectivity index (χ3n) is 3.90. The Kier molecular flexibility index (Phi) is 2.51. The average molecular weight is 274 g/mol. The van der Waals surface area contributed by atoms with E-state index in [9.17, 15) is 5.11 Å². The zero-order valence-electron chi connectivity index (χ0n) is 11.6. The van der Waals surface area contributed by atoms with Crippen LogP contribution in [-0.4, -0.2) is 5.11 Å². The lowest BCUT2D eigenvalue weighted by Crippen LogP contribution is -1.79. The molecule has 0 aliphatic rings. The molecule has 0 aliphatic heterocycles. The molecular formula is C19H14O2. The first kappa shape index (κ1) is 12.0. The first-order valence-corrected chi connectivity index (χ1v) is 6.92. The molecule has 0 atom stereocenters. The molecule has 3 aromatic carbocycles. The summed E-state index contributed by atoms with van der Waals surface area (Å²) in [6, 6.07) is 17.8. The standard InChI is InChI=1S/C19H14O2/c1-12-2-4-14(5-3-12)17-11-21-18-9-7-13-6-8-15(20)10-16(13)19(17)18/h2-11,20H,1H3. The fourth-order valence-corrected chi connectivity index (χ4v) is 2.79. The molecule has 1 heterocycles. The van der Waals surface area contributed by atoms with Crippen LogP contribution in [0.1, 0.15) is 5.56 Å². The Labute approximate surface area is 122 Å². The maximum absolute atomic E-state index is 9.79. The number of aromatic hydroxyl groups is 1. The van der Waals surface area contributed by atoms with Crippen LogP contribution in [0.15, 0.2) is 65.3 Å². The van der Waals surface area contributed by atoms with Crippen LogP contribution < -0.4 is 0 Å². The lowest BCUT2D eigenvalue weighted by atomic mass is 9.99. The van der Waals surface area contributed by atoms with E-state index in [-0.39, 0.29) is 5.75 Å². The zero-order valence-corrected chi connectivity index (χ0v) is 11.6. The Morgan fingerprint density at radius 3 is 2.48 bits per heavy atom. The van der Waals surface area contributed by atoms with E-state index in [1.165, 1.54) is 5.56 Å². The Bertz CT molecular complexity index is 947. The second-order valence-electron chi connectivity index (χ2n) is 5.36. The minimum atomic E-state index is 0.269. The summed E-state index contributed by atoms with van der Waals surface area (Å²) in [4.78, 5) is 0. The fraction of sp³-hybridized carbons (Fsp3) is 0.0526. The largest absolute Gasteiger partial charge is 0.508 e. The minimum absolute atomic E-state index is 0.269. The monoisotopic (exact) mass is 274 g/mol. The molecule has 1 aromatic heterocycles. The SMILES string of the molecule is Cc1ccc(-c2coc3ccc4ccc(O)cc4c23)cc1. The Balaban J connectivity index is 2.10. The van der Waals surface area contributed by atoms with Crippen molar-refractivity contribution in [1.29, 1.82) is 0 Å². The molecule has 2 nitrogen and oxygen atoms in total. The first-order valence-electron chi connectivity index (χ1n) is 6.92. The van der Waals surface area contributed by atoms with Gasteiger partial charge in [-0.05, 0) is 41.5 Å². The van der Waals surface area contributed by atoms with E-state index in [1.807, 2.05) is 18.2 Å². The second-order valence-corrected chi connectivity index (χ2v) is 5.36. The molecule has 0 radical (unpaired) electrons. The van der Waals surface area contributed by atoms with E-state index in [2.05, 4.69) is 31.2 Å². The lowest BCUT2D eigenvalue weighted by molar-refractivity contribution is 0.476. The summed E-state index contributed by atoms with van der Waals surface area (Å²) in [5.41, 5.74) is 4.24. The van der Waals surface area contributed by atoms with Gasteiger partial charge in [-0.1, -0.05) is 42.0 Å². The van der Waals surface area contributed by atoms with Gasteiger partial charge in [0.2, 0.25) is 0 Å². The summed E-state index contributed by atoms with van der Waals surface area (Å²) in [5, 5.41) is 12.9. The summed E-state index contributed by atoms with van der Waals surface area (Å²) >= 11 is 0. The van der Waals surface area contributed by atoms with E-state index in [0.717, 1.165) is 32.9 Å². The molecule has 2 heteroatoms. The Morgan fingerprint density at radius 2 is 1.67 bits per heavy atom. The lowest BCUT2D eigenvalue weighted by Gasteiger charge is -2.04. The number of hydrogen-bond donors (Lipinski definition) is 1. The molecule has 0 amide bonds. The predicted molar refractivity (Wildman–Crippen MR) is 85.6 cm³/mol. The molecule has 4 rings (SSSR count). The topological polar surface area (TPSA) is 33.4 Å². The molecule has 0 bridgehead atoms. The highest BCUT2D eigenvalue weighted by Gasteiger charge is 2.12. The smallest absolute Gasteiger partial charge is 0.135 e. The molecule has 0 saturated heterocycles. The van der Waals surface area contributed by atoms with Crippen LogP contribution in [0.3, 0.4) is 0 Å². The van der Waals surface area contributed by atoms with Crippen LogP contribution in [0.4, 0.5) is 0 Å². The van der Waals surface area contributed by atoms with Crippen LogP contribution in [-0.2, 0) is 0 Å². The third-order valence-corrected chi connectivity index (χ3v) is 3.90. The van der Waals surface area contributed by atoms with Gasteiger partial charge in [0.25, 0.3) is 0 Å². The van der Waals surface area contributed by atoms with Crippen molar-refractivity contribution >= 4 is 21.7 Å². The average Bonchev–Trinajstić information content (AvgIpc) is 2.92. The first-order chi connectivity index (χ1) is 10.2. The number of fused-ring (bicyclic) bond motifs is 3. The summed E-state index contributed by atoms with van der Waals surface area (Å²) in [5.74, 6) is 0.269. The predicted octanol–water partition coefficient (Wildman–Crippen LogP) is 5.27. The Hall–Kier alpha value is -2.74. The number of phenols is 1. The molecule has 1 N–H and O–H groups in total. The highest BCUT2D eigenvalue weighted by atomic mass is 16.3. The molecule has 0 spiro atoms. The highest BCUT2D eigenvalue weighted by Crippen LogP contribution is 2.37. The van der Waals surface area contributed by atoms with Gasteiger partial charge in [-0.2, -0.15) is 0 Å². The van der Waals surface area contributed by atoms with E-state index in [1.54, 1.807) is 18.4 Å². The molecule has 0 unspecified atom stereocenters. The van der Waals surface area contributed by atoms with Crippen molar-refractivity contribution in [3.8, 4) is 16.9 Å². The van der Waals surface area contributed by atoms with Gasteiger partial charge >= 0.3 is 0 Å². The molecule has 0 saturated carbocycles. The second kappa shape index (κ2) is 4.38. The van der Waals surface area contributed by atoms with E-state index < -0.39 is 0 Å². The highest BCUT2D eigenvalue weighted by molar-refractivity contribution is 6.13. The number of hydrogen-bond acceptors (Lipinski definition) is 2. The van der Waals surface area contributed by atoms with E-state index >= 15 is 0 Å². The normalized spacial score (nSPS) is 11.3. The summed E-state index contributed by atoms with van der Waals surface area (Å²) < 4.78 is 5.70. The van der Waals surface area contributed by atoms with Gasteiger partial charge in [0, 0.05) is 10.9 Å². The van der Waals surface area contributed by atoms with Crippen molar-refractivity contribution in [2.45, 2.75) is 6.92 Å². The number of aryl methyl sites for hydroxylation is 1. The van der Waals surface area contributed by atoms with Gasteiger partial charge in [-0.3, -0.25) is 0 Å². The van der Waals surface area contributed by atoms with Crippen molar-refractivity contribution in [2.75, 3.05) is 0 Å². The number of furan rings is 1. The number of rotatable bonds is 1. The van der Waals surface area contributed by atoms with E-state index in [0.29, 0.717) is 0 Å². The van der Waals surface area contributed by atoms with Crippen molar-refractivity contribution < 1.29 is 9.52 Å². The maximum Gasteiger partial charge on any atom is 0.135 e. The fourth-order valence-electron chi connectivity index (χ4n) is 2.79. The van der Waals surface area contributed by atoms with Crippen LogP contribution in [0.5, 0.6) is 5.75 Å². The summed E-state index contributed by atoms with van der Waals surface area (Å²) in [6.07, 6.45) is 1.79. The van der Waals surface area contributed by atoms with Gasteiger partial charge in [0.15, 0.2) is 0 Å². The van der Waals surface area contributed by atoms with Crippen molar-refractivity contribution in [2.24, 2.45) is 0 Å². The minimum Gasteiger partial charge on any atom is -0.508 e. The third kappa shape index (κ3) is 1.88. The van der Waals surface area contributed by atoms with Gasteiger partial charge in [0.05, 0.1) is 6.26 Å². The molecule has 102 valence electrons. The van der Waals surface area contributed by atoms with Crippen LogP contribution in [0.25, 0.3) is 32.9 Å². The van der Waals surface area contributed by atoms with E-state index in [4.69, 9.17) is 4.42 Å². The van der Waals surface area contributed by atoms with Gasteiger partial charge < -0.3 is 9.52 Å². The molecule has 4 aromatic rings. The summed E-state index contributed by atoms with van der Waals surface area (Å²) in [7, 11) is 0. The van der Waals surface area contributed by atoms with Crippen molar-refractivity contribution in [3.05, 3.63) is 66.4 Å². The quantitative estimate of drug-likeness (QED) is 0.513. The number of phenolic OH excluding ortho intramolecular Hbond substituents is 1. The molecule has 21 heavy (non-hydrogen) atoms. The molecule has 0 fully saturated rings. The maximum atomic E-state index is 9.79. The molecular weight excluding hydrogens is 260 g/mol. The van der Waals surface area contributed by atoms with Crippen LogP contribution in [0.2, 0.25) is 0 Å². The van der Waals surface area contributed by atoms with Gasteiger partial charge in [-0.25, -0.2) is 0 Å². The van der Waals surface area contributed by atoms with Crippen LogP contribution >= 0.6 is 0 Å². The Morgan fingerprint density at radius 1 is 0.905 bits per heavy atom.